The zero-order valence-electron chi connectivity index (χ0n) is 22.3. The molecule has 2 aromatic carbocycles. The van der Waals surface area contributed by atoms with E-state index >= 15 is 4.39 Å². The van der Waals surface area contributed by atoms with E-state index in [9.17, 15) is 10.1 Å². The summed E-state index contributed by atoms with van der Waals surface area (Å²) in [6, 6.07) is 7.94. The first-order valence-corrected chi connectivity index (χ1v) is 13.8. The van der Waals surface area contributed by atoms with Crippen LogP contribution in [0, 0.1) is 24.1 Å². The molecule has 2 fully saturated rings. The van der Waals surface area contributed by atoms with E-state index in [1.807, 2.05) is 31.0 Å². The van der Waals surface area contributed by atoms with E-state index in [4.69, 9.17) is 11.6 Å². The summed E-state index contributed by atoms with van der Waals surface area (Å²) in [5, 5.41) is 22.2. The third-order valence-corrected chi connectivity index (χ3v) is 8.66. The molecule has 39 heavy (non-hydrogen) atoms. The molecule has 8 nitrogen and oxygen atoms in total. The van der Waals surface area contributed by atoms with Crippen molar-refractivity contribution in [3.05, 3.63) is 56.7 Å². The van der Waals surface area contributed by atoms with Crippen LogP contribution in [0.15, 0.2) is 29.2 Å². The number of piperazine rings is 1. The second-order valence-corrected chi connectivity index (χ2v) is 11.3. The van der Waals surface area contributed by atoms with Crippen LogP contribution in [0.4, 0.5) is 10.1 Å². The van der Waals surface area contributed by atoms with Gasteiger partial charge in [0.25, 0.3) is 5.56 Å². The molecule has 0 spiro atoms. The SMILES string of the molecule is Cc1ccc2[nH]ncc2c1-c1c(Cl)cc2c(N3CCN[C@H](C)C3)c(C#N)c(=O)n(C[C@@H]3CCCN3C)c2c1F. The van der Waals surface area contributed by atoms with Gasteiger partial charge in [-0.25, -0.2) is 4.39 Å². The summed E-state index contributed by atoms with van der Waals surface area (Å²) in [6.45, 7) is 7.06. The second kappa shape index (κ2) is 9.94. The van der Waals surface area contributed by atoms with Gasteiger partial charge in [0.1, 0.15) is 11.6 Å². The van der Waals surface area contributed by atoms with Crippen molar-refractivity contribution in [3.8, 4) is 17.2 Å². The standard InChI is InChI=1S/C29H31ClFN7O/c1-16-6-7-23-21(13-34-35-23)24(16)25-22(30)11-19-27(37-10-8-33-17(2)14-37)20(12-32)29(39)38(28(19)26(25)31)15-18-5-4-9-36(18)3/h6-7,11,13,17-18,33H,4-5,8-10,14-15H2,1-3H3,(H,34,35)/t17-,18+/m1/s1. The topological polar surface area (TPSA) is 93.0 Å². The van der Waals surface area contributed by atoms with Crippen molar-refractivity contribution >= 4 is 39.1 Å². The van der Waals surface area contributed by atoms with E-state index in [0.29, 0.717) is 42.8 Å². The highest BCUT2D eigenvalue weighted by molar-refractivity contribution is 6.35. The predicted octanol–water partition coefficient (Wildman–Crippen LogP) is 4.41. The number of aromatic nitrogens is 3. The van der Waals surface area contributed by atoms with Crippen LogP contribution in [0.25, 0.3) is 32.9 Å². The number of aromatic amines is 1. The van der Waals surface area contributed by atoms with Gasteiger partial charge in [0.15, 0.2) is 5.82 Å². The molecule has 0 unspecified atom stereocenters. The number of pyridine rings is 1. The van der Waals surface area contributed by atoms with E-state index in [0.717, 1.165) is 35.9 Å². The number of fused-ring (bicyclic) bond motifs is 2. The molecule has 2 atom stereocenters. The summed E-state index contributed by atoms with van der Waals surface area (Å²) >= 11 is 6.92. The number of hydrogen-bond acceptors (Lipinski definition) is 6. The lowest BCUT2D eigenvalue weighted by Gasteiger charge is -2.35. The molecule has 2 saturated heterocycles. The Labute approximate surface area is 231 Å². The van der Waals surface area contributed by atoms with Crippen LogP contribution in [0.2, 0.25) is 5.02 Å². The van der Waals surface area contributed by atoms with Gasteiger partial charge in [0, 0.05) is 60.2 Å². The van der Waals surface area contributed by atoms with E-state index in [-0.39, 0.29) is 33.7 Å². The third kappa shape index (κ3) is 4.18. The molecule has 0 bridgehead atoms. The zero-order chi connectivity index (χ0) is 27.4. The maximum atomic E-state index is 17.1. The smallest absolute Gasteiger partial charge is 0.271 e. The lowest BCUT2D eigenvalue weighted by molar-refractivity contribution is 0.282. The van der Waals surface area contributed by atoms with Gasteiger partial charge >= 0.3 is 0 Å². The Morgan fingerprint density at radius 3 is 2.79 bits per heavy atom. The van der Waals surface area contributed by atoms with E-state index in [2.05, 4.69) is 33.4 Å². The maximum Gasteiger partial charge on any atom is 0.271 e. The van der Waals surface area contributed by atoms with Crippen molar-refractivity contribution in [1.29, 1.82) is 5.26 Å². The summed E-state index contributed by atoms with van der Waals surface area (Å²) in [7, 11) is 2.02. The molecule has 4 aromatic rings. The molecule has 0 radical (unpaired) electrons. The van der Waals surface area contributed by atoms with Crippen molar-refractivity contribution in [2.45, 2.75) is 45.3 Å². The molecule has 10 heteroatoms. The van der Waals surface area contributed by atoms with E-state index in [1.165, 1.54) is 4.57 Å². The Hall–Kier alpha value is -3.45. The Bertz CT molecular complexity index is 1700. The molecule has 2 aromatic heterocycles. The highest BCUT2D eigenvalue weighted by Gasteiger charge is 2.31. The minimum Gasteiger partial charge on any atom is -0.367 e. The fourth-order valence-electron chi connectivity index (χ4n) is 6.37. The van der Waals surface area contributed by atoms with Gasteiger partial charge in [-0.15, -0.1) is 0 Å². The van der Waals surface area contributed by atoms with Crippen LogP contribution in [0.3, 0.4) is 0 Å². The highest BCUT2D eigenvalue weighted by atomic mass is 35.5. The molecular weight excluding hydrogens is 517 g/mol. The number of anilines is 1. The van der Waals surface area contributed by atoms with Gasteiger partial charge in [-0.05, 0) is 58.0 Å². The van der Waals surface area contributed by atoms with Crippen LogP contribution in [-0.2, 0) is 6.54 Å². The molecule has 0 saturated carbocycles. The lowest BCUT2D eigenvalue weighted by Crippen LogP contribution is -2.50. The molecule has 2 aliphatic heterocycles. The monoisotopic (exact) mass is 547 g/mol. The van der Waals surface area contributed by atoms with Crippen LogP contribution in [0.1, 0.15) is 30.9 Å². The lowest BCUT2D eigenvalue weighted by atomic mass is 9.94. The molecule has 0 aliphatic carbocycles. The molecular formula is C29H31ClFN7O. The number of rotatable bonds is 4. The normalized spacial score (nSPS) is 20.3. The average molecular weight is 548 g/mol. The summed E-state index contributed by atoms with van der Waals surface area (Å²) in [5.41, 5.74) is 2.73. The molecule has 202 valence electrons. The first-order valence-electron chi connectivity index (χ1n) is 13.4. The average Bonchev–Trinajstić information content (AvgIpc) is 3.55. The number of nitrogens with zero attached hydrogens (tertiary/aromatic N) is 5. The summed E-state index contributed by atoms with van der Waals surface area (Å²) in [6.07, 6.45) is 3.58. The number of nitrogens with one attached hydrogen (secondary N) is 2. The van der Waals surface area contributed by atoms with Gasteiger partial charge in [-0.3, -0.25) is 9.89 Å². The Morgan fingerprint density at radius 2 is 2.08 bits per heavy atom. The van der Waals surface area contributed by atoms with Crippen LogP contribution in [0.5, 0.6) is 0 Å². The van der Waals surface area contributed by atoms with Gasteiger partial charge in [-0.2, -0.15) is 10.4 Å². The van der Waals surface area contributed by atoms with Crippen LogP contribution >= 0.6 is 11.6 Å². The number of hydrogen-bond donors (Lipinski definition) is 2. The quantitative estimate of drug-likeness (QED) is 0.393. The summed E-state index contributed by atoms with van der Waals surface area (Å²) in [4.78, 5) is 18.3. The predicted molar refractivity (Wildman–Crippen MR) is 153 cm³/mol. The minimum absolute atomic E-state index is 0.0357. The number of nitriles is 1. The fraction of sp³-hybridized carbons (Fsp3) is 0.414. The van der Waals surface area contributed by atoms with E-state index in [1.54, 1.807) is 12.3 Å². The second-order valence-electron chi connectivity index (χ2n) is 10.9. The Morgan fingerprint density at radius 1 is 1.26 bits per heavy atom. The number of likely N-dealkylation sites (N-methyl/N-ethyl adjacent to an activating group) is 1. The van der Waals surface area contributed by atoms with Crippen molar-refractivity contribution < 1.29 is 4.39 Å². The Kier molecular flexibility index (Phi) is 6.58. The van der Waals surface area contributed by atoms with Gasteiger partial charge in [0.2, 0.25) is 0 Å². The number of benzene rings is 2. The maximum absolute atomic E-state index is 17.1. The summed E-state index contributed by atoms with van der Waals surface area (Å²) in [5.74, 6) is -0.555. The number of halogens is 2. The molecule has 6 rings (SSSR count). The molecule has 2 N–H and O–H groups in total. The molecule has 4 heterocycles. The highest BCUT2D eigenvalue weighted by Crippen LogP contribution is 2.43. The van der Waals surface area contributed by atoms with Gasteiger partial charge < -0.3 is 19.7 Å². The minimum atomic E-state index is -0.555. The van der Waals surface area contributed by atoms with E-state index < -0.39 is 11.4 Å². The summed E-state index contributed by atoms with van der Waals surface area (Å²) < 4.78 is 18.6. The fourth-order valence-corrected chi connectivity index (χ4v) is 6.66. The first kappa shape index (κ1) is 25.8. The van der Waals surface area contributed by atoms with Gasteiger partial charge in [0.05, 0.1) is 27.9 Å². The van der Waals surface area contributed by atoms with Crippen LogP contribution in [-0.4, -0.2) is 65.0 Å². The zero-order valence-corrected chi connectivity index (χ0v) is 23.1. The van der Waals surface area contributed by atoms with Crippen molar-refractivity contribution in [3.63, 3.8) is 0 Å². The first-order chi connectivity index (χ1) is 18.8. The van der Waals surface area contributed by atoms with Crippen molar-refractivity contribution in [1.82, 2.24) is 25.0 Å². The van der Waals surface area contributed by atoms with Crippen LogP contribution < -0.4 is 15.8 Å². The number of H-pyrrole nitrogens is 1. The van der Waals surface area contributed by atoms with Gasteiger partial charge in [-0.1, -0.05) is 17.7 Å². The molecule has 0 amide bonds. The number of aryl methyl sites for hydroxylation is 1. The molecule has 2 aliphatic rings. The third-order valence-electron chi connectivity index (χ3n) is 8.36. The number of likely N-dealkylation sites (tertiary alicyclic amines) is 1. The van der Waals surface area contributed by atoms with Crippen molar-refractivity contribution in [2.24, 2.45) is 0 Å². The Balaban J connectivity index is 1.71. The van der Waals surface area contributed by atoms with Crippen molar-refractivity contribution in [2.75, 3.05) is 38.1 Å². The largest absolute Gasteiger partial charge is 0.367 e.